The molecule has 0 aliphatic carbocycles. The van der Waals surface area contributed by atoms with Crippen molar-refractivity contribution in [2.75, 3.05) is 33.0 Å². The minimum Gasteiger partial charge on any atom is -0.454 e. The Morgan fingerprint density at radius 1 is 0.812 bits per heavy atom. The van der Waals surface area contributed by atoms with Crippen molar-refractivity contribution in [2.45, 2.75) is 12.6 Å². The molecule has 2 heterocycles. The zero-order valence-corrected chi connectivity index (χ0v) is 17.9. The van der Waals surface area contributed by atoms with Crippen LogP contribution in [0.2, 0.25) is 0 Å². The average molecular weight is 430 g/mol. The van der Waals surface area contributed by atoms with Gasteiger partial charge in [-0.2, -0.15) is 0 Å². The lowest BCUT2D eigenvalue weighted by molar-refractivity contribution is 0.134. The van der Waals surface area contributed by atoms with Crippen LogP contribution in [-0.2, 0) is 6.54 Å². The number of nitrogens with one attached hydrogen (secondary N) is 1. The second kappa shape index (κ2) is 9.32. The summed E-state index contributed by atoms with van der Waals surface area (Å²) >= 11 is 0. The topological polar surface area (TPSA) is 54.0 Å². The predicted molar refractivity (Wildman–Crippen MR) is 123 cm³/mol. The molecule has 2 aliphatic heterocycles. The Balaban J connectivity index is 1.20. The molecule has 0 aromatic heterocycles. The molecule has 6 nitrogen and oxygen atoms in total. The van der Waals surface area contributed by atoms with Crippen molar-refractivity contribution in [2.24, 2.45) is 0 Å². The summed E-state index contributed by atoms with van der Waals surface area (Å²) in [5, 5.41) is 3.25. The largest absolute Gasteiger partial charge is 0.454 e. The molecule has 0 atom stereocenters. The van der Waals surface area contributed by atoms with Crippen LogP contribution < -0.4 is 14.8 Å². The number of hydrogen-bond acceptors (Lipinski definition) is 4. The fourth-order valence-electron chi connectivity index (χ4n) is 4.27. The molecule has 0 spiro atoms. The van der Waals surface area contributed by atoms with E-state index in [0.29, 0.717) is 19.9 Å². The van der Waals surface area contributed by atoms with Crippen molar-refractivity contribution in [1.82, 2.24) is 15.1 Å². The Kier molecular flexibility index (Phi) is 5.94. The maximum atomic E-state index is 13.1. The molecular formula is C26H27N3O3. The van der Waals surface area contributed by atoms with Gasteiger partial charge in [-0.1, -0.05) is 66.7 Å². The lowest BCUT2D eigenvalue weighted by Crippen LogP contribution is -2.52. The molecule has 0 radical (unpaired) electrons. The normalized spacial score (nSPS) is 15.7. The summed E-state index contributed by atoms with van der Waals surface area (Å²) in [5.41, 5.74) is 3.35. The summed E-state index contributed by atoms with van der Waals surface area (Å²) in [4.78, 5) is 17.4. The van der Waals surface area contributed by atoms with Gasteiger partial charge in [0.2, 0.25) is 6.79 Å². The van der Waals surface area contributed by atoms with Gasteiger partial charge in [-0.15, -0.1) is 0 Å². The van der Waals surface area contributed by atoms with Crippen molar-refractivity contribution < 1.29 is 14.3 Å². The fourth-order valence-corrected chi connectivity index (χ4v) is 4.27. The van der Waals surface area contributed by atoms with Gasteiger partial charge in [0.15, 0.2) is 11.5 Å². The number of amides is 2. The van der Waals surface area contributed by atoms with Crippen LogP contribution >= 0.6 is 0 Å². The molecule has 0 bridgehead atoms. The number of piperazine rings is 1. The third-order valence-corrected chi connectivity index (χ3v) is 6.04. The molecule has 2 aliphatic rings. The summed E-state index contributed by atoms with van der Waals surface area (Å²) in [6.45, 7) is 4.20. The Labute approximate surface area is 188 Å². The third kappa shape index (κ3) is 4.55. The minimum absolute atomic E-state index is 0.0227. The quantitative estimate of drug-likeness (QED) is 0.665. The van der Waals surface area contributed by atoms with E-state index in [1.54, 1.807) is 0 Å². The molecule has 1 saturated heterocycles. The van der Waals surface area contributed by atoms with Crippen molar-refractivity contribution in [3.8, 4) is 11.5 Å². The Hall–Kier alpha value is -3.51. The molecule has 32 heavy (non-hydrogen) atoms. The molecule has 0 unspecified atom stereocenters. The van der Waals surface area contributed by atoms with E-state index in [-0.39, 0.29) is 12.1 Å². The van der Waals surface area contributed by atoms with E-state index >= 15 is 0 Å². The van der Waals surface area contributed by atoms with Crippen LogP contribution in [0, 0.1) is 0 Å². The van der Waals surface area contributed by atoms with E-state index in [9.17, 15) is 4.79 Å². The molecule has 164 valence electrons. The molecule has 5 rings (SSSR count). The number of ether oxygens (including phenoxy) is 2. The second-order valence-electron chi connectivity index (χ2n) is 8.15. The standard InChI is InChI=1S/C26H27N3O3/c30-26(27-25(21-7-3-1-4-8-21)22-9-5-2-6-10-22)29-15-13-28(14-16-29)18-20-11-12-23-24(17-20)32-19-31-23/h1-12,17,25H,13-16,18-19H2,(H,27,30). The first-order chi connectivity index (χ1) is 15.8. The SMILES string of the molecule is O=C(NC(c1ccccc1)c1ccccc1)N1CCN(Cc2ccc3c(c2)OCO3)CC1. The van der Waals surface area contributed by atoms with Gasteiger partial charge in [-0.25, -0.2) is 4.79 Å². The molecule has 1 N–H and O–H groups in total. The van der Waals surface area contributed by atoms with E-state index in [0.717, 1.165) is 42.3 Å². The van der Waals surface area contributed by atoms with Crippen LogP contribution in [0.4, 0.5) is 4.79 Å². The Morgan fingerprint density at radius 3 is 2.09 bits per heavy atom. The lowest BCUT2D eigenvalue weighted by Gasteiger charge is -2.35. The molecule has 6 heteroatoms. The zero-order valence-electron chi connectivity index (χ0n) is 17.9. The number of rotatable bonds is 5. The Morgan fingerprint density at radius 2 is 1.44 bits per heavy atom. The number of hydrogen-bond donors (Lipinski definition) is 1. The smallest absolute Gasteiger partial charge is 0.318 e. The highest BCUT2D eigenvalue weighted by Crippen LogP contribution is 2.33. The van der Waals surface area contributed by atoms with Gasteiger partial charge in [0.1, 0.15) is 0 Å². The van der Waals surface area contributed by atoms with Crippen molar-refractivity contribution in [1.29, 1.82) is 0 Å². The van der Waals surface area contributed by atoms with Crippen LogP contribution in [0.3, 0.4) is 0 Å². The summed E-state index contributed by atoms with van der Waals surface area (Å²) < 4.78 is 10.9. The van der Waals surface area contributed by atoms with Crippen LogP contribution in [0.5, 0.6) is 11.5 Å². The molecular weight excluding hydrogens is 402 g/mol. The van der Waals surface area contributed by atoms with E-state index in [1.165, 1.54) is 5.56 Å². The highest BCUT2D eigenvalue weighted by Gasteiger charge is 2.25. The fraction of sp³-hybridized carbons (Fsp3) is 0.269. The van der Waals surface area contributed by atoms with Gasteiger partial charge >= 0.3 is 6.03 Å². The maximum absolute atomic E-state index is 13.1. The third-order valence-electron chi connectivity index (χ3n) is 6.04. The number of carbonyl (C=O) groups is 1. The van der Waals surface area contributed by atoms with E-state index in [1.807, 2.05) is 53.4 Å². The van der Waals surface area contributed by atoms with Crippen LogP contribution in [0.1, 0.15) is 22.7 Å². The van der Waals surface area contributed by atoms with Crippen molar-refractivity contribution in [3.05, 3.63) is 95.6 Å². The molecule has 1 fully saturated rings. The molecule has 3 aromatic rings. The van der Waals surface area contributed by atoms with Crippen LogP contribution in [0.15, 0.2) is 78.9 Å². The predicted octanol–water partition coefficient (Wildman–Crippen LogP) is 4.03. The van der Waals surface area contributed by atoms with Gasteiger partial charge < -0.3 is 19.7 Å². The van der Waals surface area contributed by atoms with Gasteiger partial charge in [0, 0.05) is 32.7 Å². The number of benzene rings is 3. The van der Waals surface area contributed by atoms with Crippen molar-refractivity contribution in [3.63, 3.8) is 0 Å². The molecule has 3 aromatic carbocycles. The van der Waals surface area contributed by atoms with Gasteiger partial charge in [-0.3, -0.25) is 4.90 Å². The summed E-state index contributed by atoms with van der Waals surface area (Å²) in [7, 11) is 0. The molecule has 0 saturated carbocycles. The zero-order chi connectivity index (χ0) is 21.8. The van der Waals surface area contributed by atoms with Crippen molar-refractivity contribution >= 4 is 6.03 Å². The summed E-state index contributed by atoms with van der Waals surface area (Å²) in [6.07, 6.45) is 0. The average Bonchev–Trinajstić information content (AvgIpc) is 3.32. The molecule has 2 amide bonds. The monoisotopic (exact) mass is 429 g/mol. The van der Waals surface area contributed by atoms with Crippen LogP contribution in [-0.4, -0.2) is 48.8 Å². The van der Waals surface area contributed by atoms with Gasteiger partial charge in [0.05, 0.1) is 6.04 Å². The minimum atomic E-state index is -0.170. The number of carbonyl (C=O) groups excluding carboxylic acids is 1. The lowest BCUT2D eigenvalue weighted by atomic mass is 9.99. The number of fused-ring (bicyclic) bond motifs is 1. The second-order valence-corrected chi connectivity index (χ2v) is 8.15. The highest BCUT2D eigenvalue weighted by atomic mass is 16.7. The van der Waals surface area contributed by atoms with E-state index < -0.39 is 0 Å². The number of nitrogens with zero attached hydrogens (tertiary/aromatic N) is 2. The Bertz CT molecular complexity index is 1010. The summed E-state index contributed by atoms with van der Waals surface area (Å²) in [6, 6.07) is 26.1. The van der Waals surface area contributed by atoms with Crippen LogP contribution in [0.25, 0.3) is 0 Å². The summed E-state index contributed by atoms with van der Waals surface area (Å²) in [5.74, 6) is 1.62. The highest BCUT2D eigenvalue weighted by molar-refractivity contribution is 5.75. The van der Waals surface area contributed by atoms with Gasteiger partial charge in [0.25, 0.3) is 0 Å². The maximum Gasteiger partial charge on any atom is 0.318 e. The first-order valence-electron chi connectivity index (χ1n) is 11.0. The number of urea groups is 1. The first kappa shape index (κ1) is 20.4. The van der Waals surface area contributed by atoms with E-state index in [4.69, 9.17) is 9.47 Å². The van der Waals surface area contributed by atoms with Gasteiger partial charge in [-0.05, 0) is 28.8 Å². The van der Waals surface area contributed by atoms with E-state index in [2.05, 4.69) is 40.5 Å². The first-order valence-corrected chi connectivity index (χ1v) is 11.0.